The molecule has 0 aliphatic rings. The molecule has 0 amide bonds. The van der Waals surface area contributed by atoms with Crippen LogP contribution in [0.4, 0.5) is 0 Å². The van der Waals surface area contributed by atoms with Crippen LogP contribution in [-0.4, -0.2) is 26.2 Å². The summed E-state index contributed by atoms with van der Waals surface area (Å²) >= 11 is 0. The molecule has 136 valence electrons. The Morgan fingerprint density at radius 1 is 0.536 bits per heavy atom. The number of methoxy groups -OCH3 is 2. The van der Waals surface area contributed by atoms with Crippen molar-refractivity contribution in [3.8, 4) is 0 Å². The first-order valence-corrected chi connectivity index (χ1v) is 8.94. The van der Waals surface area contributed by atoms with Crippen LogP contribution in [0.1, 0.15) is 20.7 Å². The third-order valence-electron chi connectivity index (χ3n) is 5.47. The average molecular weight is 368 g/mol. The Labute approximate surface area is 160 Å². The van der Waals surface area contributed by atoms with Gasteiger partial charge in [0.25, 0.3) is 0 Å². The lowest BCUT2D eigenvalue weighted by Crippen LogP contribution is -2.03. The molecule has 28 heavy (non-hydrogen) atoms. The first-order valence-electron chi connectivity index (χ1n) is 8.94. The van der Waals surface area contributed by atoms with Gasteiger partial charge in [0, 0.05) is 0 Å². The maximum atomic E-state index is 12.3. The predicted molar refractivity (Wildman–Crippen MR) is 110 cm³/mol. The monoisotopic (exact) mass is 368 g/mol. The molecule has 0 fully saturated rings. The number of carbonyl (C=O) groups is 2. The van der Waals surface area contributed by atoms with Crippen LogP contribution in [0.25, 0.3) is 43.1 Å². The van der Waals surface area contributed by atoms with Crippen LogP contribution in [0.3, 0.4) is 0 Å². The van der Waals surface area contributed by atoms with Gasteiger partial charge in [0.15, 0.2) is 0 Å². The van der Waals surface area contributed by atoms with Crippen molar-refractivity contribution in [1.29, 1.82) is 0 Å². The van der Waals surface area contributed by atoms with Gasteiger partial charge in [-0.3, -0.25) is 0 Å². The van der Waals surface area contributed by atoms with E-state index in [1.165, 1.54) is 14.2 Å². The Kier molecular flexibility index (Phi) is 3.49. The van der Waals surface area contributed by atoms with Crippen molar-refractivity contribution < 1.29 is 19.1 Å². The smallest absolute Gasteiger partial charge is 0.338 e. The Morgan fingerprint density at radius 3 is 1.29 bits per heavy atom. The van der Waals surface area contributed by atoms with E-state index in [0.29, 0.717) is 11.1 Å². The molecule has 0 bridgehead atoms. The highest BCUT2D eigenvalue weighted by molar-refractivity contribution is 6.35. The molecule has 0 unspecified atom stereocenters. The summed E-state index contributed by atoms with van der Waals surface area (Å²) in [4.78, 5) is 24.5. The van der Waals surface area contributed by atoms with Crippen molar-refractivity contribution in [2.45, 2.75) is 0 Å². The number of benzene rings is 5. The number of rotatable bonds is 2. The Morgan fingerprint density at radius 2 is 0.893 bits per heavy atom. The second-order valence-corrected chi connectivity index (χ2v) is 6.76. The Hall–Kier alpha value is -3.66. The van der Waals surface area contributed by atoms with Crippen molar-refractivity contribution in [1.82, 2.24) is 0 Å². The van der Waals surface area contributed by atoms with Gasteiger partial charge in [-0.25, -0.2) is 9.59 Å². The van der Waals surface area contributed by atoms with Crippen molar-refractivity contribution in [3.05, 3.63) is 71.8 Å². The van der Waals surface area contributed by atoms with Crippen LogP contribution in [0.2, 0.25) is 0 Å². The number of fused-ring (bicyclic) bond motifs is 2. The van der Waals surface area contributed by atoms with Crippen molar-refractivity contribution in [3.63, 3.8) is 0 Å². The summed E-state index contributed by atoms with van der Waals surface area (Å²) in [6.45, 7) is 0. The van der Waals surface area contributed by atoms with Gasteiger partial charge >= 0.3 is 11.9 Å². The van der Waals surface area contributed by atoms with Crippen LogP contribution < -0.4 is 0 Å². The minimum absolute atomic E-state index is 0.353. The third-order valence-corrected chi connectivity index (χ3v) is 5.47. The van der Waals surface area contributed by atoms with Gasteiger partial charge in [-0.05, 0) is 55.2 Å². The molecule has 0 radical (unpaired) electrons. The van der Waals surface area contributed by atoms with Crippen LogP contribution in [0.5, 0.6) is 0 Å². The summed E-state index contributed by atoms with van der Waals surface area (Å²) in [5.74, 6) is -0.706. The highest BCUT2D eigenvalue weighted by Crippen LogP contribution is 2.41. The van der Waals surface area contributed by atoms with Crippen molar-refractivity contribution in [2.24, 2.45) is 0 Å². The number of carbonyl (C=O) groups excluding carboxylic acids is 2. The first-order chi connectivity index (χ1) is 13.7. The van der Waals surface area contributed by atoms with Crippen LogP contribution >= 0.6 is 0 Å². The maximum Gasteiger partial charge on any atom is 0.338 e. The molecule has 0 aliphatic heterocycles. The molecule has 4 nitrogen and oxygen atoms in total. The van der Waals surface area contributed by atoms with Gasteiger partial charge in [0.2, 0.25) is 0 Å². The molecule has 5 aromatic rings. The van der Waals surface area contributed by atoms with E-state index in [9.17, 15) is 9.59 Å². The fourth-order valence-corrected chi connectivity index (χ4v) is 4.29. The molecule has 0 heterocycles. The lowest BCUT2D eigenvalue weighted by atomic mass is 9.87. The fraction of sp³-hybridized carbons (Fsp3) is 0.0833. The third kappa shape index (κ3) is 2.06. The van der Waals surface area contributed by atoms with Crippen LogP contribution in [0.15, 0.2) is 60.7 Å². The van der Waals surface area contributed by atoms with Crippen molar-refractivity contribution in [2.75, 3.05) is 14.2 Å². The number of esters is 2. The molecular weight excluding hydrogens is 352 g/mol. The summed E-state index contributed by atoms with van der Waals surface area (Å²) in [7, 11) is 2.78. The molecule has 5 aromatic carbocycles. The minimum atomic E-state index is -0.353. The van der Waals surface area contributed by atoms with E-state index in [-0.39, 0.29) is 11.9 Å². The van der Waals surface area contributed by atoms with Crippen LogP contribution in [0, 0.1) is 0 Å². The normalized spacial score (nSPS) is 11.5. The first kappa shape index (κ1) is 16.5. The van der Waals surface area contributed by atoms with E-state index in [4.69, 9.17) is 9.47 Å². The van der Waals surface area contributed by atoms with E-state index >= 15 is 0 Å². The largest absolute Gasteiger partial charge is 0.465 e. The van der Waals surface area contributed by atoms with E-state index < -0.39 is 0 Å². The van der Waals surface area contributed by atoms with Gasteiger partial charge in [0.05, 0.1) is 25.3 Å². The van der Waals surface area contributed by atoms with Gasteiger partial charge in [0.1, 0.15) is 0 Å². The SMILES string of the molecule is COC(=O)c1ccc2c3cccc4c(C(=O)OC)ccc(c5cccc1c52)c43. The molecule has 0 spiro atoms. The molecular formula is C24H16O4. The molecule has 0 aliphatic carbocycles. The number of hydrogen-bond donors (Lipinski definition) is 0. The van der Waals surface area contributed by atoms with Gasteiger partial charge < -0.3 is 9.47 Å². The molecule has 0 atom stereocenters. The quantitative estimate of drug-likeness (QED) is 0.241. The van der Waals surface area contributed by atoms with E-state index in [1.807, 2.05) is 36.4 Å². The summed E-state index contributed by atoms with van der Waals surface area (Å²) in [6, 6.07) is 19.4. The van der Waals surface area contributed by atoms with Gasteiger partial charge in [-0.1, -0.05) is 48.5 Å². The van der Waals surface area contributed by atoms with E-state index in [2.05, 4.69) is 12.1 Å². The predicted octanol–water partition coefficient (Wildman–Crippen LogP) is 5.31. The Balaban J connectivity index is 2.05. The lowest BCUT2D eigenvalue weighted by molar-refractivity contribution is 0.0594. The second kappa shape index (κ2) is 5.92. The summed E-state index contributed by atoms with van der Waals surface area (Å²) in [6.07, 6.45) is 0. The summed E-state index contributed by atoms with van der Waals surface area (Å²) in [5, 5.41) is 7.93. The summed E-state index contributed by atoms with van der Waals surface area (Å²) < 4.78 is 9.93. The lowest BCUT2D eigenvalue weighted by Gasteiger charge is -2.16. The fourth-order valence-electron chi connectivity index (χ4n) is 4.29. The standard InChI is InChI=1S/C24H16O4/c1-27-23(25)19-11-9-17-14-6-4-8-16-20(24(26)28-2)12-10-18(22(14)16)13-5-3-7-15(19)21(13)17/h3-12H,1-2H3. The van der Waals surface area contributed by atoms with E-state index in [1.54, 1.807) is 12.1 Å². The average Bonchev–Trinajstić information content (AvgIpc) is 2.75. The molecule has 5 rings (SSSR count). The van der Waals surface area contributed by atoms with Gasteiger partial charge in [-0.15, -0.1) is 0 Å². The highest BCUT2D eigenvalue weighted by Gasteiger charge is 2.19. The zero-order chi connectivity index (χ0) is 19.4. The zero-order valence-corrected chi connectivity index (χ0v) is 15.4. The number of hydrogen-bond acceptors (Lipinski definition) is 4. The van der Waals surface area contributed by atoms with Gasteiger partial charge in [-0.2, -0.15) is 0 Å². The Bertz CT molecular complexity index is 1290. The van der Waals surface area contributed by atoms with Crippen molar-refractivity contribution >= 4 is 55.0 Å². The molecule has 0 N–H and O–H groups in total. The topological polar surface area (TPSA) is 52.6 Å². The second-order valence-electron chi connectivity index (χ2n) is 6.76. The maximum absolute atomic E-state index is 12.3. The highest BCUT2D eigenvalue weighted by atomic mass is 16.5. The molecule has 0 aromatic heterocycles. The number of ether oxygens (including phenoxy) is 2. The molecule has 0 saturated heterocycles. The molecule has 0 saturated carbocycles. The van der Waals surface area contributed by atoms with E-state index in [0.717, 1.165) is 43.1 Å². The zero-order valence-electron chi connectivity index (χ0n) is 15.4. The molecule has 4 heteroatoms. The van der Waals surface area contributed by atoms with Crippen LogP contribution in [-0.2, 0) is 9.47 Å². The summed E-state index contributed by atoms with van der Waals surface area (Å²) in [5.41, 5.74) is 1.09. The minimum Gasteiger partial charge on any atom is -0.465 e.